The Kier molecular flexibility index (Phi) is 11.9. The third kappa shape index (κ3) is 8.66. The number of unbranched alkanes of at least 4 members (excludes halogenated alkanes) is 7. The van der Waals surface area contributed by atoms with Crippen LogP contribution in [0.1, 0.15) is 146 Å². The molecule has 3 heteroatoms. The van der Waals surface area contributed by atoms with Gasteiger partial charge in [0.25, 0.3) is 0 Å². The lowest BCUT2D eigenvalue weighted by atomic mass is 9.74. The predicted molar refractivity (Wildman–Crippen MR) is 138 cm³/mol. The summed E-state index contributed by atoms with van der Waals surface area (Å²) in [6, 6.07) is 4.40. The molecule has 190 valence electrons. The van der Waals surface area contributed by atoms with Gasteiger partial charge in [0.15, 0.2) is 0 Å². The Balaban J connectivity index is 1.25. The van der Waals surface area contributed by atoms with E-state index < -0.39 is 17.2 Å². The lowest BCUT2D eigenvalue weighted by Crippen LogP contribution is -2.18. The van der Waals surface area contributed by atoms with Crippen LogP contribution in [-0.4, -0.2) is 0 Å². The van der Waals surface area contributed by atoms with Gasteiger partial charge in [0, 0.05) is 0 Å². The zero-order chi connectivity index (χ0) is 24.2. The summed E-state index contributed by atoms with van der Waals surface area (Å²) in [6.07, 6.45) is 25.7. The van der Waals surface area contributed by atoms with Gasteiger partial charge in [0.05, 0.1) is 0 Å². The largest absolute Gasteiger partial charge is 0.205 e. The molecule has 3 rings (SSSR count). The van der Waals surface area contributed by atoms with Crippen molar-refractivity contribution in [3.05, 3.63) is 34.9 Å². The monoisotopic (exact) mass is 471 g/mol. The first-order valence-corrected chi connectivity index (χ1v) is 14.5. The summed E-state index contributed by atoms with van der Waals surface area (Å²) in [5.74, 6) is 1.50. The van der Waals surface area contributed by atoms with Crippen LogP contribution in [0.3, 0.4) is 0 Å². The molecule has 34 heavy (non-hydrogen) atoms. The van der Waals surface area contributed by atoms with E-state index in [1.807, 2.05) is 0 Å². The molecule has 0 unspecified atom stereocenters. The molecule has 0 N–H and O–H groups in total. The van der Waals surface area contributed by atoms with Gasteiger partial charge in [-0.25, -0.2) is 8.78 Å². The van der Waals surface area contributed by atoms with Crippen LogP contribution in [0, 0.1) is 40.7 Å². The minimum Gasteiger partial charge on any atom is -0.205 e. The Morgan fingerprint density at radius 2 is 1.12 bits per heavy atom. The van der Waals surface area contributed by atoms with E-state index in [0.717, 1.165) is 36.2 Å². The fourth-order valence-corrected chi connectivity index (χ4v) is 6.57. The van der Waals surface area contributed by atoms with Crippen LogP contribution in [0.25, 0.3) is 0 Å². The Bertz CT molecular complexity index is 728. The standard InChI is InChI=1S/C31H47F2N/c1-2-3-4-5-6-7-8-9-10-24-11-13-25(14-12-24)15-16-26-17-19-27(20-18-26)28-21-30(32)29(23-34)31(33)22-28/h21-22,24-27H,2-20H2,1H3. The fourth-order valence-electron chi connectivity index (χ4n) is 6.57. The van der Waals surface area contributed by atoms with Crippen LogP contribution < -0.4 is 0 Å². The normalized spacial score (nSPS) is 25.2. The molecule has 0 saturated heterocycles. The predicted octanol–water partition coefficient (Wildman–Crippen LogP) is 10.2. The van der Waals surface area contributed by atoms with Gasteiger partial charge in [-0.3, -0.25) is 0 Å². The number of nitriles is 1. The van der Waals surface area contributed by atoms with Gasteiger partial charge in [-0.15, -0.1) is 0 Å². The molecule has 0 aromatic heterocycles. The maximum atomic E-state index is 14.0. The van der Waals surface area contributed by atoms with Gasteiger partial charge in [-0.2, -0.15) is 5.26 Å². The highest BCUT2D eigenvalue weighted by Gasteiger charge is 2.26. The smallest absolute Gasteiger partial charge is 0.144 e. The summed E-state index contributed by atoms with van der Waals surface area (Å²) in [5, 5.41) is 8.87. The van der Waals surface area contributed by atoms with E-state index in [1.165, 1.54) is 121 Å². The summed E-state index contributed by atoms with van der Waals surface area (Å²) in [6.45, 7) is 2.29. The molecule has 0 spiro atoms. The van der Waals surface area contributed by atoms with Crippen molar-refractivity contribution >= 4 is 0 Å². The molecule has 0 aliphatic heterocycles. The third-order valence-corrected chi connectivity index (χ3v) is 8.91. The zero-order valence-corrected chi connectivity index (χ0v) is 21.6. The van der Waals surface area contributed by atoms with Crippen molar-refractivity contribution in [2.45, 2.75) is 135 Å². The second-order valence-electron chi connectivity index (χ2n) is 11.4. The van der Waals surface area contributed by atoms with Crippen LogP contribution in [0.5, 0.6) is 0 Å². The van der Waals surface area contributed by atoms with Crippen LogP contribution >= 0.6 is 0 Å². The molecule has 2 aliphatic carbocycles. The number of hydrogen-bond donors (Lipinski definition) is 0. The molecule has 1 aromatic rings. The fraction of sp³-hybridized carbons (Fsp3) is 0.774. The van der Waals surface area contributed by atoms with Gasteiger partial charge in [0.1, 0.15) is 23.3 Å². The van der Waals surface area contributed by atoms with Crippen LogP contribution in [-0.2, 0) is 0 Å². The van der Waals surface area contributed by atoms with Crippen molar-refractivity contribution < 1.29 is 8.78 Å². The molecule has 0 bridgehead atoms. The Labute approximate surface area is 207 Å². The molecule has 2 aliphatic rings. The second kappa shape index (κ2) is 14.9. The molecule has 0 heterocycles. The first-order chi connectivity index (χ1) is 16.6. The van der Waals surface area contributed by atoms with Crippen molar-refractivity contribution in [2.24, 2.45) is 17.8 Å². The summed E-state index contributed by atoms with van der Waals surface area (Å²) >= 11 is 0. The second-order valence-corrected chi connectivity index (χ2v) is 11.4. The number of benzene rings is 1. The minimum absolute atomic E-state index is 0.236. The molecule has 2 fully saturated rings. The number of hydrogen-bond acceptors (Lipinski definition) is 1. The van der Waals surface area contributed by atoms with Gasteiger partial charge in [-0.05, 0) is 67.1 Å². The van der Waals surface area contributed by atoms with E-state index >= 15 is 0 Å². The van der Waals surface area contributed by atoms with Crippen molar-refractivity contribution in [1.29, 1.82) is 5.26 Å². The van der Waals surface area contributed by atoms with E-state index in [9.17, 15) is 8.78 Å². The number of nitrogens with zero attached hydrogens (tertiary/aromatic N) is 1. The van der Waals surface area contributed by atoms with Crippen molar-refractivity contribution in [2.75, 3.05) is 0 Å². The molecule has 1 aromatic carbocycles. The summed E-state index contributed by atoms with van der Waals surface area (Å²) in [7, 11) is 0. The van der Waals surface area contributed by atoms with E-state index in [1.54, 1.807) is 6.07 Å². The summed E-state index contributed by atoms with van der Waals surface area (Å²) < 4.78 is 28.0. The first-order valence-electron chi connectivity index (χ1n) is 14.5. The number of rotatable bonds is 13. The minimum atomic E-state index is -0.711. The third-order valence-electron chi connectivity index (χ3n) is 8.91. The molecule has 0 atom stereocenters. The zero-order valence-electron chi connectivity index (χ0n) is 21.6. The molecule has 2 saturated carbocycles. The number of halogens is 2. The highest BCUT2D eigenvalue weighted by atomic mass is 19.1. The molecule has 0 radical (unpaired) electrons. The Morgan fingerprint density at radius 3 is 1.62 bits per heavy atom. The quantitative estimate of drug-likeness (QED) is 0.262. The average Bonchev–Trinajstić information content (AvgIpc) is 2.85. The molecular formula is C31H47F2N. The lowest BCUT2D eigenvalue weighted by molar-refractivity contribution is 0.222. The van der Waals surface area contributed by atoms with E-state index in [4.69, 9.17) is 5.26 Å². The Morgan fingerprint density at radius 1 is 0.676 bits per heavy atom. The average molecular weight is 472 g/mol. The van der Waals surface area contributed by atoms with Crippen molar-refractivity contribution in [1.82, 2.24) is 0 Å². The van der Waals surface area contributed by atoms with Crippen LogP contribution in [0.15, 0.2) is 12.1 Å². The van der Waals surface area contributed by atoms with E-state index in [0.29, 0.717) is 0 Å². The maximum Gasteiger partial charge on any atom is 0.144 e. The molecule has 1 nitrogen and oxygen atoms in total. The summed E-state index contributed by atoms with van der Waals surface area (Å²) in [4.78, 5) is 0. The van der Waals surface area contributed by atoms with Crippen LogP contribution in [0.4, 0.5) is 8.78 Å². The topological polar surface area (TPSA) is 23.8 Å². The van der Waals surface area contributed by atoms with Gasteiger partial charge >= 0.3 is 0 Å². The van der Waals surface area contributed by atoms with Crippen LogP contribution in [0.2, 0.25) is 0 Å². The van der Waals surface area contributed by atoms with Gasteiger partial charge < -0.3 is 0 Å². The highest BCUT2D eigenvalue weighted by Crippen LogP contribution is 2.40. The molecular weight excluding hydrogens is 424 g/mol. The van der Waals surface area contributed by atoms with Crippen molar-refractivity contribution in [3.63, 3.8) is 0 Å². The van der Waals surface area contributed by atoms with E-state index in [2.05, 4.69) is 6.92 Å². The summed E-state index contributed by atoms with van der Waals surface area (Å²) in [5.41, 5.74) is 0.284. The highest BCUT2D eigenvalue weighted by molar-refractivity contribution is 5.36. The van der Waals surface area contributed by atoms with Gasteiger partial charge in [-0.1, -0.05) is 103 Å². The first kappa shape index (κ1) is 27.2. The molecule has 0 amide bonds. The SMILES string of the molecule is CCCCCCCCCCC1CCC(CCC2CCC(c3cc(F)c(C#N)c(F)c3)CC2)CC1. The van der Waals surface area contributed by atoms with Gasteiger partial charge in [0.2, 0.25) is 0 Å². The van der Waals surface area contributed by atoms with E-state index in [-0.39, 0.29) is 5.92 Å². The lowest BCUT2D eigenvalue weighted by Gasteiger charge is -2.32. The Hall–Kier alpha value is -1.43. The van der Waals surface area contributed by atoms with Crippen molar-refractivity contribution in [3.8, 4) is 6.07 Å². The maximum absolute atomic E-state index is 14.0.